The number of aliphatic carboxylic acids is 1. The maximum Gasteiger partial charge on any atom is 0.317 e. The van der Waals surface area contributed by atoms with Crippen LogP contribution in [-0.2, 0) is 4.79 Å². The zero-order chi connectivity index (χ0) is 8.69. The van der Waals surface area contributed by atoms with Crippen molar-refractivity contribution in [3.05, 3.63) is 0 Å². The van der Waals surface area contributed by atoms with Gasteiger partial charge < -0.3 is 10.4 Å². The molecular weight excluding hydrogens is 257 g/mol. The molecule has 0 aliphatic carbocycles. The first kappa shape index (κ1) is 11.2. The van der Waals surface area contributed by atoms with Crippen molar-refractivity contribution in [2.45, 2.75) is 25.8 Å². The van der Waals surface area contributed by atoms with E-state index in [4.69, 9.17) is 5.11 Å². The third kappa shape index (κ3) is 6.55. The normalized spacial score (nSPS) is 12.9. The molecule has 0 aromatic rings. The van der Waals surface area contributed by atoms with Gasteiger partial charge in [-0.25, -0.2) is 0 Å². The third-order valence-corrected chi connectivity index (χ3v) is 2.12. The molecule has 0 amide bonds. The SMILES string of the molecule is CC[C@H](CCI)NCC(=O)O. The smallest absolute Gasteiger partial charge is 0.317 e. The highest BCUT2D eigenvalue weighted by atomic mass is 127. The number of rotatable bonds is 6. The fourth-order valence-electron chi connectivity index (χ4n) is 0.814. The molecule has 0 saturated carbocycles. The highest BCUT2D eigenvalue weighted by Gasteiger charge is 2.05. The minimum Gasteiger partial charge on any atom is -0.480 e. The molecule has 66 valence electrons. The average Bonchev–Trinajstić information content (AvgIpc) is 1.97. The van der Waals surface area contributed by atoms with Gasteiger partial charge >= 0.3 is 5.97 Å². The fraction of sp³-hybridized carbons (Fsp3) is 0.857. The zero-order valence-corrected chi connectivity index (χ0v) is 8.80. The monoisotopic (exact) mass is 271 g/mol. The summed E-state index contributed by atoms with van der Waals surface area (Å²) in [5.74, 6) is -0.781. The number of carboxylic acid groups (broad SMARTS) is 1. The van der Waals surface area contributed by atoms with Gasteiger partial charge in [-0.2, -0.15) is 0 Å². The van der Waals surface area contributed by atoms with Gasteiger partial charge in [-0.15, -0.1) is 0 Å². The van der Waals surface area contributed by atoms with Gasteiger partial charge in [-0.3, -0.25) is 4.79 Å². The van der Waals surface area contributed by atoms with Crippen molar-refractivity contribution in [1.82, 2.24) is 5.32 Å². The second-order valence-electron chi connectivity index (χ2n) is 2.36. The Morgan fingerprint density at radius 1 is 1.73 bits per heavy atom. The van der Waals surface area contributed by atoms with E-state index < -0.39 is 5.97 Å². The number of alkyl halides is 1. The summed E-state index contributed by atoms with van der Waals surface area (Å²) in [6.07, 6.45) is 2.04. The first-order valence-corrected chi connectivity index (χ1v) is 5.24. The first-order chi connectivity index (χ1) is 5.20. The molecule has 3 nitrogen and oxygen atoms in total. The van der Waals surface area contributed by atoms with Crippen LogP contribution in [0.1, 0.15) is 19.8 Å². The molecule has 4 heteroatoms. The number of hydrogen-bond donors (Lipinski definition) is 2. The maximum absolute atomic E-state index is 10.2. The van der Waals surface area contributed by atoms with Crippen LogP contribution in [0.4, 0.5) is 0 Å². The number of halogens is 1. The van der Waals surface area contributed by atoms with E-state index in [1.165, 1.54) is 0 Å². The van der Waals surface area contributed by atoms with Crippen LogP contribution in [0.3, 0.4) is 0 Å². The number of carbonyl (C=O) groups is 1. The average molecular weight is 271 g/mol. The summed E-state index contributed by atoms with van der Waals surface area (Å²) >= 11 is 2.30. The Balaban J connectivity index is 3.43. The van der Waals surface area contributed by atoms with Crippen molar-refractivity contribution in [3.63, 3.8) is 0 Å². The van der Waals surface area contributed by atoms with E-state index in [1.807, 2.05) is 0 Å². The van der Waals surface area contributed by atoms with Crippen LogP contribution in [0.25, 0.3) is 0 Å². The lowest BCUT2D eigenvalue weighted by atomic mass is 10.2. The third-order valence-electron chi connectivity index (χ3n) is 1.49. The molecule has 1 atom stereocenters. The van der Waals surface area contributed by atoms with E-state index in [0.29, 0.717) is 6.04 Å². The molecule has 0 unspecified atom stereocenters. The van der Waals surface area contributed by atoms with Crippen molar-refractivity contribution in [2.24, 2.45) is 0 Å². The molecule has 0 spiro atoms. The lowest BCUT2D eigenvalue weighted by Crippen LogP contribution is -2.33. The predicted octanol–water partition coefficient (Wildman–Crippen LogP) is 1.26. The van der Waals surface area contributed by atoms with Crippen LogP contribution in [0.5, 0.6) is 0 Å². The molecule has 11 heavy (non-hydrogen) atoms. The molecule has 0 heterocycles. The Kier molecular flexibility index (Phi) is 6.94. The molecule has 0 aliphatic rings. The molecule has 0 bridgehead atoms. The van der Waals surface area contributed by atoms with Gasteiger partial charge in [0.05, 0.1) is 6.54 Å². The van der Waals surface area contributed by atoms with Crippen LogP contribution >= 0.6 is 22.6 Å². The molecule has 2 N–H and O–H groups in total. The molecule has 0 aliphatic heterocycles. The van der Waals surface area contributed by atoms with Gasteiger partial charge in [0.15, 0.2) is 0 Å². The highest BCUT2D eigenvalue weighted by Crippen LogP contribution is 1.99. The van der Waals surface area contributed by atoms with Crippen LogP contribution in [-0.4, -0.2) is 28.1 Å². The van der Waals surface area contributed by atoms with E-state index in [9.17, 15) is 4.79 Å². The molecule has 0 fully saturated rings. The maximum atomic E-state index is 10.2. The summed E-state index contributed by atoms with van der Waals surface area (Å²) in [6, 6.07) is 0.364. The first-order valence-electron chi connectivity index (χ1n) is 3.71. The molecule has 0 aromatic heterocycles. The number of nitrogens with one attached hydrogen (secondary N) is 1. The van der Waals surface area contributed by atoms with E-state index in [1.54, 1.807) is 0 Å². The van der Waals surface area contributed by atoms with Crippen LogP contribution < -0.4 is 5.32 Å². The quantitative estimate of drug-likeness (QED) is 0.565. The fourth-order valence-corrected chi connectivity index (χ4v) is 1.57. The second-order valence-corrected chi connectivity index (χ2v) is 3.44. The highest BCUT2D eigenvalue weighted by molar-refractivity contribution is 14.1. The molecule has 0 radical (unpaired) electrons. The van der Waals surface area contributed by atoms with Gasteiger partial charge in [-0.1, -0.05) is 29.5 Å². The Labute approximate surface area is 80.7 Å². The summed E-state index contributed by atoms with van der Waals surface area (Å²) < 4.78 is 1.07. The Morgan fingerprint density at radius 2 is 2.36 bits per heavy atom. The van der Waals surface area contributed by atoms with Crippen LogP contribution in [0, 0.1) is 0 Å². The van der Waals surface area contributed by atoms with Gasteiger partial charge in [0.2, 0.25) is 0 Å². The topological polar surface area (TPSA) is 49.3 Å². The van der Waals surface area contributed by atoms with E-state index in [0.717, 1.165) is 17.3 Å². The number of hydrogen-bond acceptors (Lipinski definition) is 2. The summed E-state index contributed by atoms with van der Waals surface area (Å²) in [7, 11) is 0. The molecule has 0 saturated heterocycles. The van der Waals surface area contributed by atoms with Crippen molar-refractivity contribution in [2.75, 3.05) is 11.0 Å². The van der Waals surface area contributed by atoms with Crippen molar-refractivity contribution in [3.8, 4) is 0 Å². The minimum atomic E-state index is -0.781. The van der Waals surface area contributed by atoms with Crippen molar-refractivity contribution >= 4 is 28.6 Å². The van der Waals surface area contributed by atoms with E-state index in [-0.39, 0.29) is 6.54 Å². The summed E-state index contributed by atoms with van der Waals surface area (Å²) in [5.41, 5.74) is 0. The largest absolute Gasteiger partial charge is 0.480 e. The minimum absolute atomic E-state index is 0.0785. The van der Waals surface area contributed by atoms with Crippen molar-refractivity contribution in [1.29, 1.82) is 0 Å². The Bertz CT molecular complexity index is 119. The zero-order valence-electron chi connectivity index (χ0n) is 6.64. The van der Waals surface area contributed by atoms with E-state index >= 15 is 0 Å². The van der Waals surface area contributed by atoms with Gasteiger partial charge in [0, 0.05) is 10.5 Å². The number of carboxylic acids is 1. The Morgan fingerprint density at radius 3 is 2.73 bits per heavy atom. The van der Waals surface area contributed by atoms with Gasteiger partial charge in [-0.05, 0) is 12.8 Å². The van der Waals surface area contributed by atoms with Crippen molar-refractivity contribution < 1.29 is 9.90 Å². The Hall–Kier alpha value is 0.160. The summed E-state index contributed by atoms with van der Waals surface area (Å²) in [6.45, 7) is 2.14. The van der Waals surface area contributed by atoms with Crippen LogP contribution in [0.2, 0.25) is 0 Å². The lowest BCUT2D eigenvalue weighted by Gasteiger charge is -2.13. The van der Waals surface area contributed by atoms with Crippen LogP contribution in [0.15, 0.2) is 0 Å². The predicted molar refractivity (Wildman–Crippen MR) is 53.2 cm³/mol. The van der Waals surface area contributed by atoms with E-state index in [2.05, 4.69) is 34.8 Å². The molecule has 0 rings (SSSR count). The molecule has 0 aromatic carbocycles. The van der Waals surface area contributed by atoms with Gasteiger partial charge in [0.1, 0.15) is 0 Å². The summed E-state index contributed by atoms with van der Waals surface area (Å²) in [4.78, 5) is 10.2. The van der Waals surface area contributed by atoms with Gasteiger partial charge in [0.25, 0.3) is 0 Å². The molecular formula is C7H14INO2. The second kappa shape index (κ2) is 6.84. The standard InChI is InChI=1S/C7H14INO2/c1-2-6(3-4-8)9-5-7(10)11/h6,9H,2-5H2,1H3,(H,10,11)/t6-/m1/s1. The lowest BCUT2D eigenvalue weighted by molar-refractivity contribution is -0.136. The summed E-state index contributed by atoms with van der Waals surface area (Å²) in [5, 5.41) is 11.3.